The standard InChI is InChI=1S/C30H40N6O6S.2H2/c1-6-40-12-13-41-14-15-42-26-17-20(2)16-24(32-26)23-11-10-22(28(33-23)36-19-21(3)18-30(36,4)5)29(37)35-43(38,39)27-9-7-8-25(31)34-27;;/h7-11,16-17,21H,6,12-15,18-19H2,1-5H3,(H2,31,34)(H,35,37);2*1H/t21-;;/m0../s1. The third kappa shape index (κ3) is 8.18. The molecule has 1 amide bonds. The molecule has 43 heavy (non-hydrogen) atoms. The monoisotopic (exact) mass is 616 g/mol. The number of sulfonamides is 1. The van der Waals surface area contributed by atoms with Crippen molar-refractivity contribution in [3.05, 3.63) is 53.6 Å². The predicted molar refractivity (Wildman–Crippen MR) is 168 cm³/mol. The lowest BCUT2D eigenvalue weighted by Gasteiger charge is -2.34. The fourth-order valence-electron chi connectivity index (χ4n) is 5.15. The molecule has 0 bridgehead atoms. The number of rotatable bonds is 13. The summed E-state index contributed by atoms with van der Waals surface area (Å²) in [6.07, 6.45) is 0.874. The molecule has 236 valence electrons. The van der Waals surface area contributed by atoms with E-state index in [-0.39, 0.29) is 24.8 Å². The lowest BCUT2D eigenvalue weighted by molar-refractivity contribution is 0.0399. The Morgan fingerprint density at radius 3 is 2.51 bits per heavy atom. The first-order valence-electron chi connectivity index (χ1n) is 14.3. The number of ether oxygens (including phenoxy) is 3. The number of carbonyl (C=O) groups excluding carboxylic acids is 1. The number of aromatic nitrogens is 3. The van der Waals surface area contributed by atoms with E-state index in [9.17, 15) is 13.2 Å². The van der Waals surface area contributed by atoms with Gasteiger partial charge in [-0.25, -0.2) is 19.7 Å². The summed E-state index contributed by atoms with van der Waals surface area (Å²) in [7, 11) is -4.28. The average molecular weight is 617 g/mol. The molecule has 1 fully saturated rings. The maximum atomic E-state index is 13.5. The number of hydrogen-bond acceptors (Lipinski definition) is 11. The molecule has 0 unspecified atom stereocenters. The number of nitrogens with zero attached hydrogens (tertiary/aromatic N) is 4. The Labute approximate surface area is 256 Å². The summed E-state index contributed by atoms with van der Waals surface area (Å²) in [6.45, 7) is 13.2. The highest BCUT2D eigenvalue weighted by molar-refractivity contribution is 7.90. The fraction of sp³-hybridized carbons (Fsp3) is 0.467. The van der Waals surface area contributed by atoms with Crippen molar-refractivity contribution in [1.29, 1.82) is 0 Å². The van der Waals surface area contributed by atoms with Crippen LogP contribution in [-0.4, -0.2) is 74.4 Å². The van der Waals surface area contributed by atoms with Crippen molar-refractivity contribution in [2.45, 2.75) is 51.6 Å². The number of nitrogen functional groups attached to an aromatic ring is 1. The van der Waals surface area contributed by atoms with Gasteiger partial charge in [0.05, 0.1) is 36.8 Å². The minimum atomic E-state index is -4.28. The minimum Gasteiger partial charge on any atom is -0.475 e. The van der Waals surface area contributed by atoms with Crippen LogP contribution in [0.1, 0.15) is 52.9 Å². The average Bonchev–Trinajstić information content (AvgIpc) is 3.23. The van der Waals surface area contributed by atoms with Crippen molar-refractivity contribution in [2.75, 3.05) is 50.2 Å². The Kier molecular flexibility index (Phi) is 10.2. The number of pyridine rings is 3. The maximum Gasteiger partial charge on any atom is 0.281 e. The molecule has 1 aliphatic rings. The number of aryl methyl sites for hydroxylation is 1. The van der Waals surface area contributed by atoms with E-state index in [1.165, 1.54) is 18.2 Å². The van der Waals surface area contributed by atoms with E-state index in [1.54, 1.807) is 12.1 Å². The zero-order valence-corrected chi connectivity index (χ0v) is 26.1. The summed E-state index contributed by atoms with van der Waals surface area (Å²) in [5, 5.41) is -0.349. The zero-order valence-electron chi connectivity index (χ0n) is 25.3. The lowest BCUT2D eigenvalue weighted by Crippen LogP contribution is -2.41. The second-order valence-corrected chi connectivity index (χ2v) is 12.8. The molecule has 0 spiro atoms. The molecular formula is C30H44N6O6S. The first kappa shape index (κ1) is 32.1. The van der Waals surface area contributed by atoms with Gasteiger partial charge in [0.1, 0.15) is 18.2 Å². The predicted octanol–water partition coefficient (Wildman–Crippen LogP) is 4.10. The van der Waals surface area contributed by atoms with Crippen LogP contribution in [0.15, 0.2) is 47.5 Å². The fourth-order valence-corrected chi connectivity index (χ4v) is 6.10. The van der Waals surface area contributed by atoms with Crippen LogP contribution in [0.25, 0.3) is 11.4 Å². The molecule has 4 rings (SSSR count). The van der Waals surface area contributed by atoms with Gasteiger partial charge in [0.25, 0.3) is 15.9 Å². The Balaban J connectivity index is 0.00000353. The lowest BCUT2D eigenvalue weighted by atomic mass is 9.97. The molecule has 12 nitrogen and oxygen atoms in total. The van der Waals surface area contributed by atoms with Crippen LogP contribution in [0.3, 0.4) is 0 Å². The number of carbonyl (C=O) groups is 1. The summed E-state index contributed by atoms with van der Waals surface area (Å²) in [5.74, 6) is 0.333. The van der Waals surface area contributed by atoms with Gasteiger partial charge in [-0.2, -0.15) is 8.42 Å². The van der Waals surface area contributed by atoms with Gasteiger partial charge in [0.15, 0.2) is 5.03 Å². The van der Waals surface area contributed by atoms with E-state index < -0.39 is 15.9 Å². The second kappa shape index (κ2) is 13.7. The number of nitrogens with two attached hydrogens (primary N) is 1. The normalized spacial score (nSPS) is 16.3. The largest absolute Gasteiger partial charge is 0.475 e. The molecule has 3 N–H and O–H groups in total. The van der Waals surface area contributed by atoms with Crippen molar-refractivity contribution in [3.8, 4) is 17.3 Å². The van der Waals surface area contributed by atoms with Gasteiger partial charge >= 0.3 is 0 Å². The van der Waals surface area contributed by atoms with Crippen molar-refractivity contribution in [2.24, 2.45) is 5.92 Å². The molecule has 3 aromatic heterocycles. The zero-order chi connectivity index (χ0) is 31.2. The molecular weight excluding hydrogens is 572 g/mol. The molecule has 13 heteroatoms. The summed E-state index contributed by atoms with van der Waals surface area (Å²) < 4.78 is 44.7. The van der Waals surface area contributed by atoms with Gasteiger partial charge in [-0.3, -0.25) is 4.79 Å². The number of hydrogen-bond donors (Lipinski definition) is 2. The number of nitrogens with one attached hydrogen (secondary N) is 1. The third-order valence-electron chi connectivity index (χ3n) is 6.96. The van der Waals surface area contributed by atoms with Gasteiger partial charge < -0.3 is 24.8 Å². The quantitative estimate of drug-likeness (QED) is 0.266. The highest BCUT2D eigenvalue weighted by Gasteiger charge is 2.39. The number of amides is 1. The molecule has 0 radical (unpaired) electrons. The van der Waals surface area contributed by atoms with Crippen LogP contribution < -0.4 is 20.1 Å². The summed E-state index contributed by atoms with van der Waals surface area (Å²) in [5.41, 5.74) is 7.44. The van der Waals surface area contributed by atoms with Crippen LogP contribution in [0.5, 0.6) is 5.88 Å². The summed E-state index contributed by atoms with van der Waals surface area (Å²) >= 11 is 0. The van der Waals surface area contributed by atoms with E-state index >= 15 is 0 Å². The smallest absolute Gasteiger partial charge is 0.281 e. The van der Waals surface area contributed by atoms with Crippen LogP contribution in [0.4, 0.5) is 11.6 Å². The Morgan fingerprint density at radius 2 is 1.81 bits per heavy atom. The summed E-state index contributed by atoms with van der Waals surface area (Å²) in [6, 6.07) is 11.1. The molecule has 0 saturated carbocycles. The first-order chi connectivity index (χ1) is 20.4. The molecule has 4 heterocycles. The first-order valence-corrected chi connectivity index (χ1v) is 15.7. The Morgan fingerprint density at radius 1 is 1.07 bits per heavy atom. The number of anilines is 2. The van der Waals surface area contributed by atoms with E-state index in [0.717, 1.165) is 12.0 Å². The molecule has 0 aromatic carbocycles. The maximum absolute atomic E-state index is 13.5. The van der Waals surface area contributed by atoms with Gasteiger partial charge in [-0.15, -0.1) is 0 Å². The van der Waals surface area contributed by atoms with Crippen molar-refractivity contribution < 1.29 is 30.3 Å². The van der Waals surface area contributed by atoms with Crippen molar-refractivity contribution in [1.82, 2.24) is 19.7 Å². The Hall–Kier alpha value is -3.81. The third-order valence-corrected chi connectivity index (χ3v) is 8.19. The van der Waals surface area contributed by atoms with Gasteiger partial charge in [0.2, 0.25) is 5.88 Å². The van der Waals surface area contributed by atoms with Gasteiger partial charge in [-0.05, 0) is 75.9 Å². The molecule has 3 aromatic rings. The van der Waals surface area contributed by atoms with Crippen LogP contribution in [0, 0.1) is 12.8 Å². The second-order valence-electron chi connectivity index (χ2n) is 11.2. The van der Waals surface area contributed by atoms with Crippen molar-refractivity contribution >= 4 is 27.6 Å². The van der Waals surface area contributed by atoms with Crippen LogP contribution >= 0.6 is 0 Å². The summed E-state index contributed by atoms with van der Waals surface area (Å²) in [4.78, 5) is 28.9. The minimum absolute atomic E-state index is 0. The SMILES string of the molecule is CCOCCOCCOc1cc(C)cc(-c2ccc(C(=O)NS(=O)(=O)c3cccc(N)n3)c(N3C[C@@H](C)CC3(C)C)n2)n1.[HH].[HH]. The molecule has 1 aliphatic heterocycles. The van der Waals surface area contributed by atoms with Crippen molar-refractivity contribution in [3.63, 3.8) is 0 Å². The molecule has 0 aliphatic carbocycles. The van der Waals surface area contributed by atoms with Gasteiger partial charge in [-0.1, -0.05) is 13.0 Å². The van der Waals surface area contributed by atoms with E-state index in [0.29, 0.717) is 68.6 Å². The van der Waals surface area contributed by atoms with Gasteiger partial charge in [0, 0.05) is 27.6 Å². The molecule has 1 saturated heterocycles. The molecule has 1 atom stereocenters. The van der Waals surface area contributed by atoms with E-state index in [1.807, 2.05) is 30.9 Å². The topological polar surface area (TPSA) is 159 Å². The highest BCUT2D eigenvalue weighted by atomic mass is 32.2. The Bertz CT molecular complexity index is 1560. The van der Waals surface area contributed by atoms with E-state index in [4.69, 9.17) is 24.9 Å². The van der Waals surface area contributed by atoms with E-state index in [2.05, 4.69) is 35.5 Å². The van der Waals surface area contributed by atoms with Crippen LogP contribution in [0.2, 0.25) is 0 Å². The van der Waals surface area contributed by atoms with Crippen LogP contribution in [-0.2, 0) is 19.5 Å². The highest BCUT2D eigenvalue weighted by Crippen LogP contribution is 2.38.